The lowest BCUT2D eigenvalue weighted by Gasteiger charge is -1.98. The van der Waals surface area contributed by atoms with E-state index in [-0.39, 0.29) is 0 Å². The highest BCUT2D eigenvalue weighted by Gasteiger charge is 2.06. The number of benzene rings is 2. The van der Waals surface area contributed by atoms with Gasteiger partial charge in [0, 0.05) is 5.56 Å². The zero-order valence-electron chi connectivity index (χ0n) is 10.3. The van der Waals surface area contributed by atoms with Gasteiger partial charge in [-0.1, -0.05) is 55.1 Å². The first kappa shape index (κ1) is 11.3. The molecule has 4 heteroatoms. The second-order valence-corrected chi connectivity index (χ2v) is 4.06. The molecule has 0 spiro atoms. The molecule has 3 aromatic rings. The molecular formula is C15H12N4. The highest BCUT2D eigenvalue weighted by Crippen LogP contribution is 2.14. The molecule has 0 N–H and O–H groups in total. The van der Waals surface area contributed by atoms with Crippen LogP contribution >= 0.6 is 0 Å². The monoisotopic (exact) mass is 248 g/mol. The van der Waals surface area contributed by atoms with E-state index in [9.17, 15) is 0 Å². The van der Waals surface area contributed by atoms with Gasteiger partial charge in [-0.15, -0.1) is 15.0 Å². The van der Waals surface area contributed by atoms with Crippen molar-refractivity contribution in [1.29, 1.82) is 0 Å². The van der Waals surface area contributed by atoms with Crippen LogP contribution in [0.5, 0.6) is 0 Å². The second kappa shape index (κ2) is 4.86. The molecule has 4 nitrogen and oxygen atoms in total. The Labute approximate surface area is 111 Å². The minimum Gasteiger partial charge on any atom is -0.130 e. The van der Waals surface area contributed by atoms with Gasteiger partial charge in [0.05, 0.1) is 5.69 Å². The number of tetrazole rings is 1. The molecule has 1 aromatic heterocycles. The summed E-state index contributed by atoms with van der Waals surface area (Å²) in [6.07, 6.45) is 1.80. The van der Waals surface area contributed by atoms with Crippen molar-refractivity contribution in [2.24, 2.45) is 0 Å². The average molecular weight is 248 g/mol. The van der Waals surface area contributed by atoms with Gasteiger partial charge in [0.1, 0.15) is 0 Å². The molecule has 2 aromatic carbocycles. The fourth-order valence-corrected chi connectivity index (χ4v) is 1.77. The Hall–Kier alpha value is -2.75. The number of rotatable bonds is 3. The molecule has 0 radical (unpaired) electrons. The van der Waals surface area contributed by atoms with Crippen LogP contribution < -0.4 is 0 Å². The van der Waals surface area contributed by atoms with Crippen LogP contribution in [0.15, 0.2) is 61.2 Å². The van der Waals surface area contributed by atoms with Gasteiger partial charge in [0.15, 0.2) is 0 Å². The molecule has 0 atom stereocenters. The van der Waals surface area contributed by atoms with E-state index in [2.05, 4.69) is 22.0 Å². The maximum Gasteiger partial charge on any atom is 0.205 e. The summed E-state index contributed by atoms with van der Waals surface area (Å²) in [6, 6.07) is 17.6. The minimum atomic E-state index is 0.619. The molecule has 0 aliphatic heterocycles. The molecule has 0 aliphatic carbocycles. The third kappa shape index (κ3) is 2.28. The Kier molecular flexibility index (Phi) is 2.90. The Morgan fingerprint density at radius 2 is 1.68 bits per heavy atom. The summed E-state index contributed by atoms with van der Waals surface area (Å²) in [5, 5.41) is 12.5. The number of hydrogen-bond donors (Lipinski definition) is 0. The summed E-state index contributed by atoms with van der Waals surface area (Å²) in [4.78, 5) is 1.52. The predicted octanol–water partition coefficient (Wildman–Crippen LogP) is 2.97. The van der Waals surface area contributed by atoms with Crippen LogP contribution in [0.3, 0.4) is 0 Å². The summed E-state index contributed by atoms with van der Waals surface area (Å²) >= 11 is 0. The van der Waals surface area contributed by atoms with Crippen LogP contribution in [0.25, 0.3) is 23.2 Å². The van der Waals surface area contributed by atoms with Gasteiger partial charge >= 0.3 is 0 Å². The van der Waals surface area contributed by atoms with E-state index in [1.807, 2.05) is 54.6 Å². The van der Waals surface area contributed by atoms with Crippen LogP contribution in [0.1, 0.15) is 5.56 Å². The highest BCUT2D eigenvalue weighted by atomic mass is 15.6. The molecule has 92 valence electrons. The van der Waals surface area contributed by atoms with Crippen LogP contribution in [0.4, 0.5) is 0 Å². The SMILES string of the molecule is C=Cc1ccc(-n2nnc(-c3ccccc3)n2)cc1. The quantitative estimate of drug-likeness (QED) is 0.715. The van der Waals surface area contributed by atoms with E-state index in [0.29, 0.717) is 5.82 Å². The lowest BCUT2D eigenvalue weighted by Crippen LogP contribution is -1.98. The summed E-state index contributed by atoms with van der Waals surface area (Å²) in [6.45, 7) is 3.73. The maximum absolute atomic E-state index is 4.37. The van der Waals surface area contributed by atoms with Gasteiger partial charge in [0.2, 0.25) is 5.82 Å². The summed E-state index contributed by atoms with van der Waals surface area (Å²) in [5.74, 6) is 0.619. The Balaban J connectivity index is 1.94. The van der Waals surface area contributed by atoms with E-state index in [0.717, 1.165) is 16.8 Å². The fourth-order valence-electron chi connectivity index (χ4n) is 1.77. The van der Waals surface area contributed by atoms with E-state index < -0.39 is 0 Å². The molecule has 19 heavy (non-hydrogen) atoms. The zero-order valence-corrected chi connectivity index (χ0v) is 10.3. The second-order valence-electron chi connectivity index (χ2n) is 4.06. The van der Waals surface area contributed by atoms with E-state index in [1.54, 1.807) is 6.08 Å². The van der Waals surface area contributed by atoms with Gasteiger partial charge in [0.25, 0.3) is 0 Å². The van der Waals surface area contributed by atoms with E-state index in [4.69, 9.17) is 0 Å². The van der Waals surface area contributed by atoms with Gasteiger partial charge in [-0.25, -0.2) is 0 Å². The van der Waals surface area contributed by atoms with Crippen LogP contribution in [-0.4, -0.2) is 20.2 Å². The number of nitrogens with zero attached hydrogens (tertiary/aromatic N) is 4. The molecule has 0 aliphatic rings. The smallest absolute Gasteiger partial charge is 0.130 e. The molecule has 0 bridgehead atoms. The lowest BCUT2D eigenvalue weighted by molar-refractivity contribution is 0.720. The average Bonchev–Trinajstić information content (AvgIpc) is 2.98. The minimum absolute atomic E-state index is 0.619. The van der Waals surface area contributed by atoms with Crippen LogP contribution in [0.2, 0.25) is 0 Å². The molecule has 0 saturated carbocycles. The van der Waals surface area contributed by atoms with E-state index in [1.165, 1.54) is 4.80 Å². The standard InChI is InChI=1S/C15H12N4/c1-2-12-8-10-14(11-9-12)19-17-15(16-18-19)13-6-4-3-5-7-13/h2-11H,1H2. The Bertz CT molecular complexity index is 684. The van der Waals surface area contributed by atoms with Crippen molar-refractivity contribution >= 4 is 6.08 Å². The number of aromatic nitrogens is 4. The summed E-state index contributed by atoms with van der Waals surface area (Å²) < 4.78 is 0. The topological polar surface area (TPSA) is 43.6 Å². The highest BCUT2D eigenvalue weighted by molar-refractivity contribution is 5.54. The van der Waals surface area contributed by atoms with Crippen molar-refractivity contribution in [2.45, 2.75) is 0 Å². The normalized spacial score (nSPS) is 10.3. The largest absolute Gasteiger partial charge is 0.205 e. The molecule has 3 rings (SSSR count). The van der Waals surface area contributed by atoms with Crippen LogP contribution in [-0.2, 0) is 0 Å². The van der Waals surface area contributed by atoms with Crippen molar-refractivity contribution in [3.8, 4) is 17.1 Å². The first-order chi connectivity index (χ1) is 9.36. The zero-order chi connectivity index (χ0) is 13.1. The Morgan fingerprint density at radius 3 is 2.37 bits per heavy atom. The summed E-state index contributed by atoms with van der Waals surface area (Å²) in [5.41, 5.74) is 2.89. The van der Waals surface area contributed by atoms with Gasteiger partial charge in [-0.3, -0.25) is 0 Å². The summed E-state index contributed by atoms with van der Waals surface area (Å²) in [7, 11) is 0. The molecule has 0 unspecified atom stereocenters. The van der Waals surface area contributed by atoms with Crippen molar-refractivity contribution < 1.29 is 0 Å². The van der Waals surface area contributed by atoms with Crippen LogP contribution in [0, 0.1) is 0 Å². The Morgan fingerprint density at radius 1 is 0.947 bits per heavy atom. The third-order valence-corrected chi connectivity index (χ3v) is 2.81. The first-order valence-electron chi connectivity index (χ1n) is 5.95. The first-order valence-corrected chi connectivity index (χ1v) is 5.95. The van der Waals surface area contributed by atoms with E-state index >= 15 is 0 Å². The van der Waals surface area contributed by atoms with Gasteiger partial charge in [-0.05, 0) is 22.9 Å². The van der Waals surface area contributed by atoms with Gasteiger partial charge in [-0.2, -0.15) is 0 Å². The van der Waals surface area contributed by atoms with Crippen molar-refractivity contribution in [2.75, 3.05) is 0 Å². The predicted molar refractivity (Wildman–Crippen MR) is 74.7 cm³/mol. The number of hydrogen-bond acceptors (Lipinski definition) is 3. The maximum atomic E-state index is 4.37. The molecule has 0 fully saturated rings. The molecular weight excluding hydrogens is 236 g/mol. The van der Waals surface area contributed by atoms with Crippen molar-refractivity contribution in [3.05, 3.63) is 66.7 Å². The van der Waals surface area contributed by atoms with Crippen molar-refractivity contribution in [3.63, 3.8) is 0 Å². The molecule has 0 saturated heterocycles. The lowest BCUT2D eigenvalue weighted by atomic mass is 10.2. The van der Waals surface area contributed by atoms with Crippen molar-refractivity contribution in [1.82, 2.24) is 20.2 Å². The molecule has 1 heterocycles. The third-order valence-electron chi connectivity index (χ3n) is 2.81. The fraction of sp³-hybridized carbons (Fsp3) is 0. The van der Waals surface area contributed by atoms with Gasteiger partial charge < -0.3 is 0 Å². The molecule has 0 amide bonds.